The van der Waals surface area contributed by atoms with Gasteiger partial charge in [0.2, 0.25) is 0 Å². The van der Waals surface area contributed by atoms with Crippen LogP contribution in [0.4, 0.5) is 13.2 Å². The molecule has 0 aromatic carbocycles. The Labute approximate surface area is 85.1 Å². The van der Waals surface area contributed by atoms with E-state index in [0.29, 0.717) is 3.57 Å². The van der Waals surface area contributed by atoms with Gasteiger partial charge in [0.25, 0.3) is 0 Å². The minimum absolute atomic E-state index is 0.210. The summed E-state index contributed by atoms with van der Waals surface area (Å²) in [5.41, 5.74) is -0.812. The summed E-state index contributed by atoms with van der Waals surface area (Å²) in [5.74, 6) is 0. The van der Waals surface area contributed by atoms with Crippen LogP contribution in [-0.4, -0.2) is 4.98 Å². The van der Waals surface area contributed by atoms with E-state index in [0.717, 1.165) is 6.07 Å². The van der Waals surface area contributed by atoms with Gasteiger partial charge in [-0.15, -0.1) is 0 Å². The predicted octanol–water partition coefficient (Wildman–Crippen LogP) is 3.37. The summed E-state index contributed by atoms with van der Waals surface area (Å²) in [4.78, 5) is 2.12. The zero-order chi connectivity index (χ0) is 9.35. The fourth-order valence-electron chi connectivity index (χ4n) is 0.618. The highest BCUT2D eigenvalue weighted by atomic mass is 127. The van der Waals surface area contributed by atoms with Crippen molar-refractivity contribution in [3.63, 3.8) is 0 Å². The normalized spacial score (nSPS) is 11.7. The molecule has 0 saturated heterocycles. The smallest absolute Gasteiger partial charge is 0.357 e. The van der Waals surface area contributed by atoms with Crippen LogP contribution >= 0.6 is 34.8 Å². The molecule has 1 N–H and O–H groups in total. The summed E-state index contributed by atoms with van der Waals surface area (Å²) < 4.78 is 36.9. The Morgan fingerprint density at radius 2 is 2.00 bits per heavy atom. The van der Waals surface area contributed by atoms with Crippen LogP contribution in [0.1, 0.15) is 5.69 Å². The van der Waals surface area contributed by atoms with Crippen LogP contribution in [0.2, 0.25) is 0 Å². The van der Waals surface area contributed by atoms with Gasteiger partial charge in [0.15, 0.2) is 0 Å². The maximum absolute atomic E-state index is 12.0. The number of rotatable bonds is 0. The molecule has 66 valence electrons. The second kappa shape index (κ2) is 3.33. The molecule has 0 fully saturated rings. The highest BCUT2D eigenvalue weighted by Crippen LogP contribution is 2.27. The molecule has 12 heavy (non-hydrogen) atoms. The Kier molecular flexibility index (Phi) is 2.77. The summed E-state index contributed by atoms with van der Waals surface area (Å²) >= 11 is 6.55. The number of alkyl halides is 3. The lowest BCUT2D eigenvalue weighted by molar-refractivity contribution is -0.141. The SMILES string of the molecule is FC(F)(F)c1cc(=S)c(I)c[nH]1. The molecule has 0 spiro atoms. The number of aromatic nitrogens is 1. The Morgan fingerprint density at radius 3 is 2.42 bits per heavy atom. The second-order valence-electron chi connectivity index (χ2n) is 2.06. The Hall–Kier alpha value is -0.110. The van der Waals surface area contributed by atoms with Crippen molar-refractivity contribution in [3.05, 3.63) is 26.0 Å². The monoisotopic (exact) mass is 305 g/mol. The Morgan fingerprint density at radius 1 is 1.42 bits per heavy atom. The van der Waals surface area contributed by atoms with Gasteiger partial charge in [0.1, 0.15) is 5.69 Å². The molecule has 6 heteroatoms. The fraction of sp³-hybridized carbons (Fsp3) is 0.167. The fourth-order valence-corrected chi connectivity index (χ4v) is 1.11. The van der Waals surface area contributed by atoms with Gasteiger partial charge in [-0.25, -0.2) is 0 Å². The average molecular weight is 305 g/mol. The van der Waals surface area contributed by atoms with E-state index >= 15 is 0 Å². The first kappa shape index (κ1) is 9.97. The van der Waals surface area contributed by atoms with Crippen LogP contribution in [0.15, 0.2) is 12.3 Å². The van der Waals surface area contributed by atoms with E-state index in [1.165, 1.54) is 6.20 Å². The molecule has 0 saturated carbocycles. The lowest BCUT2D eigenvalue weighted by Gasteiger charge is -2.05. The first-order valence-electron chi connectivity index (χ1n) is 2.86. The van der Waals surface area contributed by atoms with Gasteiger partial charge in [0.05, 0.1) is 4.51 Å². The number of nitrogens with one attached hydrogen (secondary N) is 1. The number of H-pyrrole nitrogens is 1. The van der Waals surface area contributed by atoms with E-state index < -0.39 is 11.9 Å². The number of hydrogen-bond donors (Lipinski definition) is 1. The van der Waals surface area contributed by atoms with Gasteiger partial charge >= 0.3 is 6.18 Å². The van der Waals surface area contributed by atoms with E-state index in [4.69, 9.17) is 0 Å². The minimum Gasteiger partial charge on any atom is -0.357 e. The topological polar surface area (TPSA) is 15.8 Å². The molecule has 0 amide bonds. The summed E-state index contributed by atoms with van der Waals surface area (Å²) in [5, 5.41) is 0. The largest absolute Gasteiger partial charge is 0.431 e. The minimum atomic E-state index is -4.35. The summed E-state index contributed by atoms with van der Waals surface area (Å²) in [7, 11) is 0. The first-order valence-corrected chi connectivity index (χ1v) is 4.35. The Balaban J connectivity index is 3.23. The lowest BCUT2D eigenvalue weighted by atomic mass is 10.3. The van der Waals surface area contributed by atoms with Crippen molar-refractivity contribution >= 4 is 34.8 Å². The van der Waals surface area contributed by atoms with Gasteiger partial charge in [-0.3, -0.25) is 0 Å². The zero-order valence-electron chi connectivity index (χ0n) is 5.57. The van der Waals surface area contributed by atoms with Crippen LogP contribution in [-0.2, 0) is 6.18 Å². The van der Waals surface area contributed by atoms with Crippen LogP contribution in [0.3, 0.4) is 0 Å². The van der Waals surface area contributed by atoms with E-state index in [9.17, 15) is 13.2 Å². The van der Waals surface area contributed by atoms with Crippen molar-refractivity contribution in [1.82, 2.24) is 4.98 Å². The molecule has 0 bridgehead atoms. The highest BCUT2D eigenvalue weighted by molar-refractivity contribution is 14.1. The van der Waals surface area contributed by atoms with Crippen LogP contribution < -0.4 is 0 Å². The van der Waals surface area contributed by atoms with Crippen molar-refractivity contribution in [2.75, 3.05) is 0 Å². The molecule has 0 aliphatic rings. The standard InChI is InChI=1S/C6H3F3INS/c7-6(8,9)5-1-4(12)3(10)2-11-5/h1-2H,(H,11,12). The van der Waals surface area contributed by atoms with Crippen molar-refractivity contribution in [1.29, 1.82) is 0 Å². The number of hydrogen-bond acceptors (Lipinski definition) is 1. The summed E-state index contributed by atoms with van der Waals surface area (Å²) in [6.07, 6.45) is -3.11. The molecular formula is C6H3F3INS. The zero-order valence-corrected chi connectivity index (χ0v) is 8.55. The van der Waals surface area contributed by atoms with Crippen LogP contribution in [0.5, 0.6) is 0 Å². The van der Waals surface area contributed by atoms with E-state index in [-0.39, 0.29) is 4.51 Å². The molecule has 0 unspecified atom stereocenters. The number of halogens is 4. The third-order valence-electron chi connectivity index (χ3n) is 1.17. The third kappa shape index (κ3) is 2.19. The molecule has 0 aliphatic heterocycles. The molecule has 1 rings (SSSR count). The van der Waals surface area contributed by atoms with Crippen molar-refractivity contribution in [2.24, 2.45) is 0 Å². The maximum Gasteiger partial charge on any atom is 0.431 e. The van der Waals surface area contributed by atoms with Crippen molar-refractivity contribution in [2.45, 2.75) is 6.18 Å². The summed E-state index contributed by atoms with van der Waals surface area (Å²) in [6.45, 7) is 0. The van der Waals surface area contributed by atoms with Crippen LogP contribution in [0.25, 0.3) is 0 Å². The van der Waals surface area contributed by atoms with E-state index in [1.54, 1.807) is 0 Å². The van der Waals surface area contributed by atoms with Gasteiger partial charge in [-0.1, -0.05) is 12.2 Å². The van der Waals surface area contributed by atoms with Crippen molar-refractivity contribution < 1.29 is 13.2 Å². The first-order chi connectivity index (χ1) is 5.41. The average Bonchev–Trinajstić information content (AvgIpc) is 1.92. The molecule has 1 heterocycles. The van der Waals surface area contributed by atoms with Gasteiger partial charge in [-0.2, -0.15) is 13.2 Å². The maximum atomic E-state index is 12.0. The predicted molar refractivity (Wildman–Crippen MR) is 49.3 cm³/mol. The van der Waals surface area contributed by atoms with E-state index in [2.05, 4.69) is 17.2 Å². The molecule has 0 aliphatic carbocycles. The summed E-state index contributed by atoms with van der Waals surface area (Å²) in [6, 6.07) is 0.914. The Bertz CT molecular complexity index is 343. The van der Waals surface area contributed by atoms with Crippen molar-refractivity contribution in [3.8, 4) is 0 Å². The lowest BCUT2D eigenvalue weighted by Crippen LogP contribution is -2.07. The molecule has 1 nitrogen and oxygen atoms in total. The quantitative estimate of drug-likeness (QED) is 0.574. The third-order valence-corrected chi connectivity index (χ3v) is 2.77. The molecule has 0 radical (unpaired) electrons. The second-order valence-corrected chi connectivity index (χ2v) is 3.66. The number of aromatic amines is 1. The highest BCUT2D eigenvalue weighted by Gasteiger charge is 2.31. The molecule has 1 aromatic heterocycles. The molecule has 1 aromatic rings. The van der Waals surface area contributed by atoms with Gasteiger partial charge in [-0.05, 0) is 28.7 Å². The van der Waals surface area contributed by atoms with Crippen LogP contribution in [0, 0.1) is 8.08 Å². The molecular weight excluding hydrogens is 302 g/mol. The molecule has 0 atom stereocenters. The number of pyridine rings is 1. The van der Waals surface area contributed by atoms with Gasteiger partial charge in [0, 0.05) is 9.77 Å². The van der Waals surface area contributed by atoms with E-state index in [1.807, 2.05) is 22.6 Å². The van der Waals surface area contributed by atoms with Gasteiger partial charge < -0.3 is 4.98 Å².